The van der Waals surface area contributed by atoms with Crippen LogP contribution in [0.1, 0.15) is 39.0 Å². The molecule has 3 aromatic rings. The Bertz CT molecular complexity index is 1210. The van der Waals surface area contributed by atoms with E-state index in [1.165, 1.54) is 36.4 Å². The Kier molecular flexibility index (Phi) is 5.50. The highest BCUT2D eigenvalue weighted by Gasteiger charge is 2.39. The lowest BCUT2D eigenvalue weighted by molar-refractivity contribution is -0.590. The first-order chi connectivity index (χ1) is 15.2. The van der Waals surface area contributed by atoms with Crippen molar-refractivity contribution in [2.45, 2.75) is 32.4 Å². The monoisotopic (exact) mass is 446 g/mol. The molecule has 32 heavy (non-hydrogen) atoms. The summed E-state index contributed by atoms with van der Waals surface area (Å²) in [5.41, 5.74) is -0.694. The number of alkyl halides is 3. The predicted octanol–water partition coefficient (Wildman–Crippen LogP) is 5.32. The highest BCUT2D eigenvalue weighted by Crippen LogP contribution is 2.43. The number of halogens is 4. The molecule has 0 bridgehead atoms. The number of anilines is 1. The Morgan fingerprint density at radius 2 is 1.78 bits per heavy atom. The van der Waals surface area contributed by atoms with E-state index in [-0.39, 0.29) is 22.7 Å². The van der Waals surface area contributed by atoms with Crippen LogP contribution in [0.25, 0.3) is 0 Å². The number of amides is 1. The molecule has 0 saturated heterocycles. The summed E-state index contributed by atoms with van der Waals surface area (Å²) in [6.45, 7) is 1.16. The van der Waals surface area contributed by atoms with Crippen molar-refractivity contribution in [2.24, 2.45) is 0 Å². The third kappa shape index (κ3) is 3.98. The maximum absolute atomic E-state index is 14.0. The molecule has 4 rings (SSSR count). The van der Waals surface area contributed by atoms with Crippen molar-refractivity contribution in [3.63, 3.8) is 0 Å². The number of nitrogens with one attached hydrogen (secondary N) is 1. The van der Waals surface area contributed by atoms with Crippen LogP contribution < -0.4 is 14.8 Å². The molecular weight excluding hydrogens is 428 g/mol. The Labute approximate surface area is 180 Å². The van der Waals surface area contributed by atoms with E-state index in [2.05, 4.69) is 5.32 Å². The third-order valence-electron chi connectivity index (χ3n) is 5.43. The van der Waals surface area contributed by atoms with Crippen molar-refractivity contribution in [1.82, 2.24) is 0 Å². The summed E-state index contributed by atoms with van der Waals surface area (Å²) in [6, 6.07) is 9.06. The van der Waals surface area contributed by atoms with Gasteiger partial charge < -0.3 is 9.94 Å². The molecule has 0 atom stereocenters. The van der Waals surface area contributed by atoms with E-state index in [4.69, 9.17) is 4.74 Å². The molecule has 0 radical (unpaired) electrons. The van der Waals surface area contributed by atoms with Crippen LogP contribution in [0.3, 0.4) is 0 Å². The van der Waals surface area contributed by atoms with Crippen LogP contribution in [-0.2, 0) is 19.0 Å². The van der Waals surface area contributed by atoms with Crippen molar-refractivity contribution < 1.29 is 31.8 Å². The number of hydrogen-bond donors (Lipinski definition) is 1. The minimum absolute atomic E-state index is 0.118. The molecule has 5 nitrogen and oxygen atoms in total. The van der Waals surface area contributed by atoms with E-state index in [1.54, 1.807) is 0 Å². The Balaban J connectivity index is 1.73. The average molecular weight is 446 g/mol. The first kappa shape index (κ1) is 21.6. The largest absolute Gasteiger partial charge is 0.711 e. The van der Waals surface area contributed by atoms with Crippen LogP contribution >= 0.6 is 0 Å². The van der Waals surface area contributed by atoms with Crippen molar-refractivity contribution in [2.75, 3.05) is 5.32 Å². The van der Waals surface area contributed by atoms with Gasteiger partial charge in [0.1, 0.15) is 22.9 Å². The smallest absolute Gasteiger partial charge is 0.420 e. The van der Waals surface area contributed by atoms with Gasteiger partial charge in [-0.25, -0.2) is 19.2 Å². The van der Waals surface area contributed by atoms with Crippen LogP contribution in [-0.4, -0.2) is 5.91 Å². The molecule has 1 amide bonds. The maximum atomic E-state index is 14.0. The summed E-state index contributed by atoms with van der Waals surface area (Å²) in [7, 11) is 0. The number of fused-ring (bicyclic) bond motifs is 1. The molecule has 2 aromatic carbocycles. The number of ether oxygens (including phenoxy) is 1. The minimum Gasteiger partial charge on any atom is -0.711 e. The molecule has 1 N–H and O–H groups in total. The lowest BCUT2D eigenvalue weighted by Gasteiger charge is -2.19. The highest BCUT2D eigenvalue weighted by molar-refractivity contribution is 6.04. The molecule has 0 aliphatic heterocycles. The Morgan fingerprint density at radius 3 is 2.50 bits per heavy atom. The molecule has 1 aliphatic carbocycles. The molecule has 0 unspecified atom stereocenters. The summed E-state index contributed by atoms with van der Waals surface area (Å²) in [5.74, 6) is -1.70. The van der Waals surface area contributed by atoms with Gasteiger partial charge in [-0.1, -0.05) is 6.07 Å². The van der Waals surface area contributed by atoms with E-state index >= 15 is 0 Å². The van der Waals surface area contributed by atoms with Gasteiger partial charge in [-0.3, -0.25) is 0 Å². The SMILES string of the molecule is Cc1c(C(=O)Nc2cccc[n+]2[O-])ccc(Oc2ccc(F)c3c2CCC3)c1C(F)(F)F. The van der Waals surface area contributed by atoms with E-state index < -0.39 is 29.2 Å². The van der Waals surface area contributed by atoms with E-state index in [0.29, 0.717) is 35.1 Å². The van der Waals surface area contributed by atoms with Gasteiger partial charge in [0, 0.05) is 11.6 Å². The zero-order valence-electron chi connectivity index (χ0n) is 16.9. The number of hydrogen-bond acceptors (Lipinski definition) is 3. The van der Waals surface area contributed by atoms with Crippen molar-refractivity contribution in [3.8, 4) is 11.5 Å². The number of nitrogens with zero attached hydrogens (tertiary/aromatic N) is 1. The summed E-state index contributed by atoms with van der Waals surface area (Å²) >= 11 is 0. The Hall–Kier alpha value is -3.62. The molecule has 166 valence electrons. The van der Waals surface area contributed by atoms with Crippen LogP contribution in [0.2, 0.25) is 0 Å². The van der Waals surface area contributed by atoms with E-state index in [1.807, 2.05) is 0 Å². The average Bonchev–Trinajstić information content (AvgIpc) is 3.22. The molecule has 1 heterocycles. The quantitative estimate of drug-likeness (QED) is 0.335. The molecule has 1 aromatic heterocycles. The minimum atomic E-state index is -4.82. The lowest BCUT2D eigenvalue weighted by Crippen LogP contribution is -2.32. The normalized spacial score (nSPS) is 13.0. The van der Waals surface area contributed by atoms with E-state index in [0.717, 1.165) is 19.2 Å². The standard InChI is InChI=1S/C23H18F4N2O3/c1-13-14(22(30)28-20-7-2-3-12-29(20)31)8-10-19(21(13)23(25,26)27)32-18-11-9-17(24)15-5-4-6-16(15)18/h2-3,7-12H,4-6H2,1H3,(H,28,30). The Morgan fingerprint density at radius 1 is 1.06 bits per heavy atom. The fourth-order valence-corrected chi connectivity index (χ4v) is 3.92. The highest BCUT2D eigenvalue weighted by atomic mass is 19.4. The first-order valence-electron chi connectivity index (χ1n) is 9.85. The molecule has 9 heteroatoms. The molecule has 1 aliphatic rings. The second kappa shape index (κ2) is 8.14. The van der Waals surface area contributed by atoms with Gasteiger partial charge in [-0.15, -0.1) is 0 Å². The molecule has 0 fully saturated rings. The molecule has 0 saturated carbocycles. The van der Waals surface area contributed by atoms with Crippen molar-refractivity contribution in [3.05, 3.63) is 87.5 Å². The fraction of sp³-hybridized carbons (Fsp3) is 0.217. The van der Waals surface area contributed by atoms with Crippen molar-refractivity contribution in [1.29, 1.82) is 0 Å². The van der Waals surface area contributed by atoms with Crippen LogP contribution in [0, 0.1) is 17.9 Å². The fourth-order valence-electron chi connectivity index (χ4n) is 3.92. The second-order valence-electron chi connectivity index (χ2n) is 7.43. The predicted molar refractivity (Wildman–Crippen MR) is 108 cm³/mol. The summed E-state index contributed by atoms with van der Waals surface area (Å²) < 4.78 is 61.9. The second-order valence-corrected chi connectivity index (χ2v) is 7.43. The van der Waals surface area contributed by atoms with Gasteiger partial charge in [0.25, 0.3) is 5.82 Å². The zero-order chi connectivity index (χ0) is 23.0. The molecular formula is C23H18F4N2O3. The van der Waals surface area contributed by atoms with Gasteiger partial charge in [-0.05, 0) is 67.6 Å². The number of pyridine rings is 1. The maximum Gasteiger partial charge on any atom is 0.420 e. The summed E-state index contributed by atoms with van der Waals surface area (Å²) in [6.07, 6.45) is -1.96. The summed E-state index contributed by atoms with van der Waals surface area (Å²) in [5, 5.41) is 14.1. The van der Waals surface area contributed by atoms with Crippen LogP contribution in [0.5, 0.6) is 11.5 Å². The van der Waals surface area contributed by atoms with Gasteiger partial charge in [0.2, 0.25) is 0 Å². The number of carbonyl (C=O) groups excluding carboxylic acids is 1. The molecule has 0 spiro atoms. The third-order valence-corrected chi connectivity index (χ3v) is 5.43. The zero-order valence-corrected chi connectivity index (χ0v) is 16.9. The number of carbonyl (C=O) groups is 1. The van der Waals surface area contributed by atoms with Gasteiger partial charge in [0.15, 0.2) is 0 Å². The van der Waals surface area contributed by atoms with Crippen LogP contribution in [0.15, 0.2) is 48.7 Å². The first-order valence-corrected chi connectivity index (χ1v) is 9.85. The number of aromatic nitrogens is 1. The number of benzene rings is 2. The van der Waals surface area contributed by atoms with E-state index in [9.17, 15) is 27.6 Å². The number of rotatable bonds is 4. The summed E-state index contributed by atoms with van der Waals surface area (Å²) in [4.78, 5) is 12.6. The van der Waals surface area contributed by atoms with Gasteiger partial charge in [0.05, 0.1) is 11.8 Å². The van der Waals surface area contributed by atoms with Crippen molar-refractivity contribution >= 4 is 11.7 Å². The lowest BCUT2D eigenvalue weighted by atomic mass is 10.00. The van der Waals surface area contributed by atoms with Gasteiger partial charge >= 0.3 is 12.1 Å². The van der Waals surface area contributed by atoms with Gasteiger partial charge in [-0.2, -0.15) is 13.2 Å². The topological polar surface area (TPSA) is 65.3 Å². The van der Waals surface area contributed by atoms with Crippen LogP contribution in [0.4, 0.5) is 23.4 Å².